The molecule has 2 aromatic heterocycles. The topological polar surface area (TPSA) is 624 Å². The van der Waals surface area contributed by atoms with E-state index in [0.29, 0.717) is 55.0 Å². The predicted octanol–water partition coefficient (Wildman–Crippen LogP) is 5.05. The third-order valence-corrected chi connectivity index (χ3v) is 27.9. The van der Waals surface area contributed by atoms with Crippen molar-refractivity contribution in [3.8, 4) is 0 Å². The lowest BCUT2D eigenvalue weighted by atomic mass is 10.1. The van der Waals surface area contributed by atoms with Gasteiger partial charge in [0, 0.05) is 86.1 Å². The van der Waals surface area contributed by atoms with Gasteiger partial charge in [-0.3, -0.25) is 67.1 Å². The fraction of sp³-hybridized carbons (Fsp3) is 0.506. The van der Waals surface area contributed by atoms with Crippen LogP contribution in [0.25, 0.3) is 0 Å². The van der Waals surface area contributed by atoms with E-state index in [2.05, 4.69) is 34.9 Å². The van der Waals surface area contributed by atoms with E-state index >= 15 is 0 Å². The summed E-state index contributed by atoms with van der Waals surface area (Å²) in [6.07, 6.45) is -0.436. The van der Waals surface area contributed by atoms with Crippen molar-refractivity contribution in [1.82, 2.24) is 45.2 Å². The Bertz CT molecular complexity index is 5310. The largest absolute Gasteiger partial charge is 0.480 e. The number of hydrogen-bond acceptors (Lipinski definition) is 38. The van der Waals surface area contributed by atoms with Crippen LogP contribution in [0.4, 0.5) is 9.59 Å². The minimum atomic E-state index is -4.35. The first-order valence-corrected chi connectivity index (χ1v) is 49.3. The molecular formula is C85H123ClN10O35S6. The third-order valence-electron chi connectivity index (χ3n) is 16.7. The molecule has 0 saturated carbocycles. The minimum Gasteiger partial charge on any atom is -0.480 e. The molecular weight excluding hydrogens is 1950 g/mol. The van der Waals surface area contributed by atoms with Crippen molar-refractivity contribution in [2.45, 2.75) is 180 Å². The number of ether oxygens (including phenoxy) is 9. The van der Waals surface area contributed by atoms with Crippen molar-refractivity contribution in [3.63, 3.8) is 0 Å². The number of fused-ring (bicyclic) bond motifs is 2. The van der Waals surface area contributed by atoms with Crippen molar-refractivity contribution in [2.24, 2.45) is 5.14 Å². The minimum absolute atomic E-state index is 0.0290. The lowest BCUT2D eigenvalue weighted by molar-refractivity contribution is -0.154. The number of hydrogen-bond donors (Lipinski definition) is 7. The Kier molecular flexibility index (Phi) is 56.3. The van der Waals surface area contributed by atoms with Gasteiger partial charge in [-0.15, -0.1) is 22.7 Å². The summed E-state index contributed by atoms with van der Waals surface area (Å²) in [5, 5.41) is 29.0. The Hall–Kier alpha value is -11.7. The Morgan fingerprint density at radius 2 is 0.759 bits per heavy atom. The lowest BCUT2D eigenvalue weighted by Gasteiger charge is -2.27. The highest BCUT2D eigenvalue weighted by molar-refractivity contribution is 7.96. The van der Waals surface area contributed by atoms with Crippen LogP contribution in [0.3, 0.4) is 0 Å². The molecule has 766 valence electrons. The summed E-state index contributed by atoms with van der Waals surface area (Å²) in [6.45, 7) is 21.0. The van der Waals surface area contributed by atoms with Crippen molar-refractivity contribution in [1.29, 1.82) is 0 Å². The van der Waals surface area contributed by atoms with Gasteiger partial charge in [-0.2, -0.15) is 0 Å². The zero-order valence-electron chi connectivity index (χ0n) is 79.7. The van der Waals surface area contributed by atoms with Crippen LogP contribution in [0, 0.1) is 0 Å². The molecule has 2 aliphatic rings. The van der Waals surface area contributed by atoms with Crippen LogP contribution >= 0.6 is 34.3 Å². The van der Waals surface area contributed by atoms with E-state index in [-0.39, 0.29) is 87.5 Å². The maximum atomic E-state index is 12.7. The number of sulfonamides is 2. The first kappa shape index (κ1) is 125. The summed E-state index contributed by atoms with van der Waals surface area (Å²) >= 11 is 6.14. The average Bonchev–Trinajstić information content (AvgIpc) is 1.61. The lowest BCUT2D eigenvalue weighted by Crippen LogP contribution is -2.41. The van der Waals surface area contributed by atoms with Gasteiger partial charge in [0.25, 0.3) is 38.9 Å². The van der Waals surface area contributed by atoms with Crippen LogP contribution in [-0.2, 0) is 169 Å². The standard InChI is InChI=1S/C17H25N3O8S3.C15H21NO4.C14H17NO5.C10H16N2O4S3.C10H13NO2.C8H15NO4.C7H11NO5.C4H5ClO3/c1-5-18-13-6-10(2)30(24,25)17-12(13)7-16(29-17)31(26,27)19-14(22)8-20(4)15(23)9-28-11(3)21;1-15(2,3)20-14(18)16(4)10-13(17)19-11-12-8-6-5-7-9-12;1-11(16)19-10-13(17)15(2)8-14(18)20-9-12-6-4-3-5-7-12;1-3-12-8-4-6(2)18(13,14)10-7(8)5-9(17-10)19(11,15)16;1-11-7-10(12)13-8-9-5-3-2-4-6-9;1-8(2,3)13-7(12)9(4)5-6(10)11;1-5(9)13-4-6(10)8(2)3-7(11)12;1-3(6)8-2-4(5)7/h7,10,13,18H,5-6,8-9H2,1-4H3,(H,19,22);5-9H,10-11H2,1-4H3;3-7H,8-10H2,1-2H3;5-6,8,12H,3-4H2,1-2H3,(H2,11,15,16);2-6,11H,7-8H2,1H3;5H2,1-4H3,(H,10,11);3-4H2,1-2H3,(H,11,12);2H2,1H3/t10-,13-;;;6-,8-;;;;/m0..0..../s1. The van der Waals surface area contributed by atoms with Gasteiger partial charge in [0.2, 0.25) is 10.0 Å². The number of carbonyl (C=O) groups excluding carboxylic acids is 14. The smallest absolute Gasteiger partial charge is 0.410 e. The molecule has 0 fully saturated rings. The normalized spacial score (nSPS) is 14.4. The Morgan fingerprint density at radius 1 is 0.460 bits per heavy atom. The summed E-state index contributed by atoms with van der Waals surface area (Å²) < 4.78 is 142. The third kappa shape index (κ3) is 53.0. The molecule has 3 aromatic carbocycles. The number of nitrogens with zero attached hydrogens (tertiary/aromatic N) is 5. The van der Waals surface area contributed by atoms with E-state index in [4.69, 9.17) is 50.6 Å². The molecule has 2 aliphatic heterocycles. The number of carboxylic acids is 2. The van der Waals surface area contributed by atoms with Gasteiger partial charge in [-0.25, -0.2) is 53.1 Å². The molecule has 45 nitrogen and oxygen atoms in total. The van der Waals surface area contributed by atoms with Crippen LogP contribution in [0.5, 0.6) is 0 Å². The number of aliphatic carboxylic acids is 2. The molecule has 137 heavy (non-hydrogen) atoms. The van der Waals surface area contributed by atoms with Gasteiger partial charge in [0.05, 0.1) is 17.0 Å². The van der Waals surface area contributed by atoms with E-state index < -0.39 is 177 Å². The van der Waals surface area contributed by atoms with Crippen molar-refractivity contribution in [2.75, 3.05) is 121 Å². The van der Waals surface area contributed by atoms with Gasteiger partial charge in [0.15, 0.2) is 46.1 Å². The highest BCUT2D eigenvalue weighted by Crippen LogP contribution is 2.44. The second kappa shape index (κ2) is 61.5. The van der Waals surface area contributed by atoms with Crippen LogP contribution in [-0.4, -0.2) is 306 Å². The molecule has 0 aliphatic carbocycles. The number of nitrogens with two attached hydrogens (primary N) is 1. The number of rotatable bonds is 33. The molecule has 4 atom stereocenters. The van der Waals surface area contributed by atoms with E-state index in [1.807, 2.05) is 110 Å². The van der Waals surface area contributed by atoms with Crippen LogP contribution in [0.1, 0.15) is 150 Å². The summed E-state index contributed by atoms with van der Waals surface area (Å²) in [6, 6.07) is 30.4. The van der Waals surface area contributed by atoms with Crippen LogP contribution in [0.15, 0.2) is 120 Å². The molecule has 52 heteroatoms. The molecule has 4 heterocycles. The van der Waals surface area contributed by atoms with Crippen LogP contribution < -0.4 is 25.8 Å². The van der Waals surface area contributed by atoms with Crippen LogP contribution in [0.2, 0.25) is 0 Å². The number of halogens is 1. The Morgan fingerprint density at radius 3 is 1.07 bits per heavy atom. The van der Waals surface area contributed by atoms with Crippen molar-refractivity contribution >= 4 is 169 Å². The number of carbonyl (C=O) groups is 16. The second-order valence-corrected chi connectivity index (χ2v) is 42.6. The first-order valence-electron chi connectivity index (χ1n) is 41.1. The van der Waals surface area contributed by atoms with Gasteiger partial charge in [0.1, 0.15) is 80.6 Å². The molecule has 6 amide bonds. The number of likely N-dealkylation sites (N-methyl/N-ethyl adjacent to an activating group) is 6. The molecule has 0 saturated heterocycles. The number of sulfone groups is 2. The quantitative estimate of drug-likeness (QED) is 0.0164. The molecule has 5 aromatic rings. The zero-order valence-corrected chi connectivity index (χ0v) is 85.3. The molecule has 0 bridgehead atoms. The van der Waals surface area contributed by atoms with E-state index in [0.717, 1.165) is 54.6 Å². The molecule has 8 N–H and O–H groups in total. The van der Waals surface area contributed by atoms with Crippen molar-refractivity contribution in [3.05, 3.63) is 131 Å². The first-order chi connectivity index (χ1) is 63.3. The fourth-order valence-corrected chi connectivity index (χ4v) is 19.6. The maximum Gasteiger partial charge on any atom is 0.410 e. The van der Waals surface area contributed by atoms with Gasteiger partial charge in [-0.1, -0.05) is 105 Å². The monoisotopic (exact) mass is 2070 g/mol. The highest BCUT2D eigenvalue weighted by Gasteiger charge is 2.42. The summed E-state index contributed by atoms with van der Waals surface area (Å²) in [5.74, 6) is -8.37. The second-order valence-electron chi connectivity index (χ2n) is 31.2. The maximum absolute atomic E-state index is 12.7. The summed E-state index contributed by atoms with van der Waals surface area (Å²) in [5.41, 5.74) is 2.49. The van der Waals surface area contributed by atoms with E-state index in [1.165, 1.54) is 73.0 Å². The Labute approximate surface area is 809 Å². The molecule has 0 radical (unpaired) electrons. The number of carboxylic acid groups (broad SMARTS) is 2. The zero-order chi connectivity index (χ0) is 105. The predicted molar refractivity (Wildman–Crippen MR) is 497 cm³/mol. The molecule has 0 unspecified atom stereocenters. The van der Waals surface area contributed by atoms with Gasteiger partial charge >= 0.3 is 65.9 Å². The Balaban J connectivity index is 0.00000159. The number of primary sulfonamides is 1. The summed E-state index contributed by atoms with van der Waals surface area (Å²) in [7, 11) is -6.77. The van der Waals surface area contributed by atoms with E-state index in [9.17, 15) is 110 Å². The summed E-state index contributed by atoms with van der Waals surface area (Å²) in [4.78, 5) is 180. The fourth-order valence-electron chi connectivity index (χ4n) is 10.1. The highest BCUT2D eigenvalue weighted by atomic mass is 35.5. The molecule has 7 rings (SSSR count). The van der Waals surface area contributed by atoms with E-state index in [1.54, 1.807) is 62.4 Å². The number of benzene rings is 3. The number of amides is 6. The molecule has 0 spiro atoms. The van der Waals surface area contributed by atoms with Gasteiger partial charge in [-0.05, 0) is 129 Å². The number of esters is 7. The van der Waals surface area contributed by atoms with Gasteiger partial charge < -0.3 is 93.3 Å². The average molecular weight is 2070 g/mol. The SMILES string of the molecule is CC(=O)OCC(=O)Cl.CC(=O)OCC(=O)N(C)CC(=O)O.CC(=O)OCC(=O)N(C)CC(=O)OCc1ccccc1.CCN[C@H]1C[C@H](C)S(=O)(=O)c2sc(S(=O)(=O)NC(=O)CN(C)C(=O)COC(C)=O)cc21.CCN[C@H]1C[C@H](C)S(=O)(=O)c2sc(S(N)(=O)=O)cc21.CN(CC(=O)O)C(=O)OC(C)(C)C.CN(CC(=O)OCc1ccccc1)C(=O)OC(C)(C)C.CNCC(=O)OCc1ccccc1. The number of nitrogens with one attached hydrogen (secondary N) is 4. The number of thiophene rings is 2. The van der Waals surface area contributed by atoms with Crippen molar-refractivity contribution < 1.29 is 163 Å².